The molecule has 2 N–H and O–H groups in total. The molecule has 0 saturated heterocycles. The third-order valence-electron chi connectivity index (χ3n) is 2.85. The van der Waals surface area contributed by atoms with E-state index in [1.165, 1.54) is 30.4 Å². The lowest BCUT2D eigenvalue weighted by molar-refractivity contribution is -0.142. The summed E-state index contributed by atoms with van der Waals surface area (Å²) in [5.74, 6) is 0.338. The summed E-state index contributed by atoms with van der Waals surface area (Å²) in [7, 11) is 2.85. The van der Waals surface area contributed by atoms with Gasteiger partial charge in [-0.05, 0) is 13.8 Å². The van der Waals surface area contributed by atoms with E-state index < -0.39 is 11.2 Å². The minimum absolute atomic E-state index is 0.0880. The van der Waals surface area contributed by atoms with E-state index in [0.717, 1.165) is 4.57 Å². The third-order valence-corrected chi connectivity index (χ3v) is 3.77. The second kappa shape index (κ2) is 7.83. The van der Waals surface area contributed by atoms with Gasteiger partial charge in [-0.3, -0.25) is 18.7 Å². The molecule has 0 aromatic carbocycles. The summed E-state index contributed by atoms with van der Waals surface area (Å²) in [5.41, 5.74) is 4.57. The van der Waals surface area contributed by atoms with Crippen LogP contribution in [0.4, 0.5) is 11.5 Å². The number of nitrogen functional groups attached to an aromatic ring is 1. The second-order valence-corrected chi connectivity index (χ2v) is 5.77. The minimum atomic E-state index is -0.578. The molecule has 0 aliphatic carbocycles. The molecule has 1 aromatic rings. The number of thioether (sulfide) groups is 1. The van der Waals surface area contributed by atoms with E-state index in [1.807, 2.05) is 0 Å². The van der Waals surface area contributed by atoms with E-state index >= 15 is 0 Å². The molecule has 1 heterocycles. The highest BCUT2D eigenvalue weighted by molar-refractivity contribution is 8.13. The molecule has 0 atom stereocenters. The van der Waals surface area contributed by atoms with Gasteiger partial charge >= 0.3 is 11.7 Å². The van der Waals surface area contributed by atoms with Gasteiger partial charge in [-0.25, -0.2) is 9.79 Å². The number of nitrogens with two attached hydrogens (primary N) is 1. The van der Waals surface area contributed by atoms with Crippen molar-refractivity contribution in [2.45, 2.75) is 20.3 Å². The van der Waals surface area contributed by atoms with Gasteiger partial charge in [0.05, 0.1) is 18.1 Å². The van der Waals surface area contributed by atoms with Crippen LogP contribution in [0.2, 0.25) is 0 Å². The summed E-state index contributed by atoms with van der Waals surface area (Å²) >= 11 is 1.33. The number of carbonyl (C=O) groups excluding carboxylic acids is 1. The Morgan fingerprint density at radius 2 is 1.95 bits per heavy atom. The van der Waals surface area contributed by atoms with Crippen LogP contribution in [0.5, 0.6) is 0 Å². The molecule has 0 spiro atoms. The first kappa shape index (κ1) is 18.0. The van der Waals surface area contributed by atoms with Crippen molar-refractivity contribution < 1.29 is 9.53 Å². The average molecular weight is 328 g/mol. The number of aliphatic imine (C=N–C) groups is 1. The molecular formula is C13H20N4O4S. The molecule has 9 heteroatoms. The molecule has 8 nitrogen and oxygen atoms in total. The number of carbonyl (C=O) groups is 1. The van der Waals surface area contributed by atoms with Gasteiger partial charge < -0.3 is 10.5 Å². The standard InChI is InChI=1S/C13H20N4O4S/c1-5-21-9(18)6-7-22-8(2)15-11-10(14)12(19)17(4)13(20)16(11)3/h5-7,14H2,1-4H3. The van der Waals surface area contributed by atoms with Gasteiger partial charge in [0.1, 0.15) is 5.69 Å². The van der Waals surface area contributed by atoms with Crippen molar-refractivity contribution in [2.75, 3.05) is 18.1 Å². The van der Waals surface area contributed by atoms with Gasteiger partial charge in [0, 0.05) is 19.8 Å². The number of rotatable bonds is 5. The smallest absolute Gasteiger partial charge is 0.332 e. The van der Waals surface area contributed by atoms with E-state index in [4.69, 9.17) is 10.5 Å². The summed E-state index contributed by atoms with van der Waals surface area (Å²) < 4.78 is 6.97. The number of aromatic nitrogens is 2. The van der Waals surface area contributed by atoms with Crippen molar-refractivity contribution in [1.29, 1.82) is 0 Å². The minimum Gasteiger partial charge on any atom is -0.466 e. The van der Waals surface area contributed by atoms with Crippen LogP contribution in [0.25, 0.3) is 0 Å². The highest BCUT2D eigenvalue weighted by atomic mass is 32.2. The van der Waals surface area contributed by atoms with Gasteiger partial charge in [-0.2, -0.15) is 0 Å². The highest BCUT2D eigenvalue weighted by Gasteiger charge is 2.12. The van der Waals surface area contributed by atoms with Gasteiger partial charge in [0.15, 0.2) is 5.82 Å². The maximum Gasteiger partial charge on any atom is 0.332 e. The summed E-state index contributed by atoms with van der Waals surface area (Å²) in [5, 5.41) is 0.597. The molecule has 22 heavy (non-hydrogen) atoms. The lowest BCUT2D eigenvalue weighted by atomic mass is 10.4. The van der Waals surface area contributed by atoms with Crippen LogP contribution in [0.1, 0.15) is 20.3 Å². The molecule has 0 radical (unpaired) electrons. The zero-order chi connectivity index (χ0) is 16.9. The Labute approximate surface area is 132 Å². The van der Waals surface area contributed by atoms with Gasteiger partial charge in [0.25, 0.3) is 5.56 Å². The topological polar surface area (TPSA) is 109 Å². The molecule has 1 aromatic heterocycles. The second-order valence-electron chi connectivity index (χ2n) is 4.48. The maximum atomic E-state index is 11.9. The van der Waals surface area contributed by atoms with Crippen molar-refractivity contribution in [1.82, 2.24) is 9.13 Å². The largest absolute Gasteiger partial charge is 0.466 e. The van der Waals surface area contributed by atoms with Gasteiger partial charge in [-0.15, -0.1) is 11.8 Å². The van der Waals surface area contributed by atoms with E-state index in [9.17, 15) is 14.4 Å². The number of anilines is 1. The van der Waals surface area contributed by atoms with Gasteiger partial charge in [-0.1, -0.05) is 0 Å². The zero-order valence-corrected chi connectivity index (χ0v) is 13.9. The Hall–Kier alpha value is -2.03. The molecule has 0 saturated carbocycles. The number of ether oxygens (including phenoxy) is 1. The first-order chi connectivity index (χ1) is 10.3. The van der Waals surface area contributed by atoms with Gasteiger partial charge in [0.2, 0.25) is 0 Å². The molecule has 122 valence electrons. The molecule has 1 rings (SSSR count). The summed E-state index contributed by atoms with van der Waals surface area (Å²) in [4.78, 5) is 39.1. The molecule has 0 bridgehead atoms. The van der Waals surface area contributed by atoms with Crippen LogP contribution in [-0.2, 0) is 23.6 Å². The van der Waals surface area contributed by atoms with E-state index in [0.29, 0.717) is 17.4 Å². The van der Waals surface area contributed by atoms with Crippen molar-refractivity contribution >= 4 is 34.3 Å². The predicted molar refractivity (Wildman–Crippen MR) is 87.8 cm³/mol. The van der Waals surface area contributed by atoms with Crippen LogP contribution in [0.3, 0.4) is 0 Å². The Kier molecular flexibility index (Phi) is 6.41. The number of hydrogen-bond acceptors (Lipinski definition) is 7. The quantitative estimate of drug-likeness (QED) is 0.476. The Bertz CT molecular complexity index is 668. The van der Waals surface area contributed by atoms with E-state index in [-0.39, 0.29) is 23.9 Å². The maximum absolute atomic E-state index is 11.9. The molecule has 0 amide bonds. The Balaban J connectivity index is 2.92. The Morgan fingerprint density at radius 1 is 1.32 bits per heavy atom. The number of esters is 1. The van der Waals surface area contributed by atoms with Crippen LogP contribution in [-0.4, -0.2) is 32.5 Å². The zero-order valence-electron chi connectivity index (χ0n) is 13.1. The summed E-state index contributed by atoms with van der Waals surface area (Å²) in [6.07, 6.45) is 0.260. The van der Waals surface area contributed by atoms with Crippen molar-refractivity contribution in [3.63, 3.8) is 0 Å². The number of nitrogens with zero attached hydrogens (tertiary/aromatic N) is 3. The summed E-state index contributed by atoms with van der Waals surface area (Å²) in [6.45, 7) is 3.82. The molecule has 0 aliphatic rings. The van der Waals surface area contributed by atoms with Crippen LogP contribution >= 0.6 is 11.8 Å². The van der Waals surface area contributed by atoms with Crippen LogP contribution in [0.15, 0.2) is 14.6 Å². The molecular weight excluding hydrogens is 308 g/mol. The Morgan fingerprint density at radius 3 is 2.55 bits per heavy atom. The molecule has 0 aliphatic heterocycles. The monoisotopic (exact) mass is 328 g/mol. The van der Waals surface area contributed by atoms with E-state index in [1.54, 1.807) is 13.8 Å². The van der Waals surface area contributed by atoms with Crippen molar-refractivity contribution in [3.8, 4) is 0 Å². The highest BCUT2D eigenvalue weighted by Crippen LogP contribution is 2.18. The van der Waals surface area contributed by atoms with Crippen LogP contribution < -0.4 is 17.0 Å². The predicted octanol–water partition coefficient (Wildman–Crippen LogP) is 0.402. The lowest BCUT2D eigenvalue weighted by Crippen LogP contribution is -2.38. The SMILES string of the molecule is CCOC(=O)CCSC(C)=Nc1c(N)c(=O)n(C)c(=O)n1C. The molecule has 0 unspecified atom stereocenters. The van der Waals surface area contributed by atoms with Crippen molar-refractivity contribution in [2.24, 2.45) is 19.1 Å². The van der Waals surface area contributed by atoms with E-state index in [2.05, 4.69) is 4.99 Å². The fourth-order valence-electron chi connectivity index (χ4n) is 1.69. The van der Waals surface area contributed by atoms with Crippen molar-refractivity contribution in [3.05, 3.63) is 20.8 Å². The third kappa shape index (κ3) is 4.23. The fraction of sp³-hybridized carbons (Fsp3) is 0.538. The first-order valence-corrected chi connectivity index (χ1v) is 7.67. The number of hydrogen-bond donors (Lipinski definition) is 1. The average Bonchev–Trinajstić information content (AvgIpc) is 2.48. The first-order valence-electron chi connectivity index (χ1n) is 6.68. The normalized spacial score (nSPS) is 11.5. The fourth-order valence-corrected chi connectivity index (χ4v) is 2.41. The summed E-state index contributed by atoms with van der Waals surface area (Å²) in [6, 6.07) is 0. The lowest BCUT2D eigenvalue weighted by Gasteiger charge is -2.09. The van der Waals surface area contributed by atoms with Crippen LogP contribution in [0, 0.1) is 0 Å². The molecule has 0 fully saturated rings.